The topological polar surface area (TPSA) is 84.9 Å². The van der Waals surface area contributed by atoms with E-state index >= 15 is 0 Å². The third-order valence-electron chi connectivity index (χ3n) is 3.59. The van der Waals surface area contributed by atoms with Gasteiger partial charge in [-0.15, -0.1) is 0 Å². The Morgan fingerprint density at radius 1 is 1.52 bits per heavy atom. The van der Waals surface area contributed by atoms with Gasteiger partial charge in [-0.1, -0.05) is 6.07 Å². The molecule has 0 saturated carbocycles. The summed E-state index contributed by atoms with van der Waals surface area (Å²) in [6, 6.07) is 3.91. The van der Waals surface area contributed by atoms with Crippen LogP contribution in [0.5, 0.6) is 0 Å². The number of halogens is 1. The molecule has 0 spiro atoms. The van der Waals surface area contributed by atoms with Gasteiger partial charge in [0, 0.05) is 12.3 Å². The summed E-state index contributed by atoms with van der Waals surface area (Å²) >= 11 is 0. The molecule has 1 aromatic carbocycles. The molecule has 2 rings (SSSR count). The molecule has 2 atom stereocenters. The zero-order valence-corrected chi connectivity index (χ0v) is 12.9. The van der Waals surface area contributed by atoms with Crippen molar-refractivity contribution in [2.24, 2.45) is 0 Å². The van der Waals surface area contributed by atoms with Gasteiger partial charge < -0.3 is 19.9 Å². The number of carbonyl (C=O) groups is 2. The number of carboxylic acids is 1. The van der Waals surface area contributed by atoms with Crippen LogP contribution in [0, 0.1) is 5.82 Å². The smallest absolute Gasteiger partial charge is 0.307 e. The summed E-state index contributed by atoms with van der Waals surface area (Å²) in [5, 5.41) is 11.2. The minimum atomic E-state index is -1.11. The van der Waals surface area contributed by atoms with Crippen molar-refractivity contribution < 1.29 is 28.6 Å². The highest BCUT2D eigenvalue weighted by atomic mass is 19.1. The Morgan fingerprint density at radius 3 is 2.91 bits per heavy atom. The van der Waals surface area contributed by atoms with Crippen molar-refractivity contribution in [3.8, 4) is 0 Å². The van der Waals surface area contributed by atoms with Crippen LogP contribution in [-0.4, -0.2) is 42.4 Å². The lowest BCUT2D eigenvalue weighted by Crippen LogP contribution is -2.30. The number of carbonyl (C=O) groups excluding carboxylic acids is 1. The Balaban J connectivity index is 1.86. The fourth-order valence-electron chi connectivity index (χ4n) is 2.28. The molecular weight excluding hydrogens is 305 g/mol. The maximum Gasteiger partial charge on any atom is 0.307 e. The van der Waals surface area contributed by atoms with Gasteiger partial charge in [0.2, 0.25) is 0 Å². The number of nitrogens with one attached hydrogen (secondary N) is 1. The summed E-state index contributed by atoms with van der Waals surface area (Å²) in [6.45, 7) is 2.68. The van der Waals surface area contributed by atoms with Gasteiger partial charge in [-0.05, 0) is 37.5 Å². The molecule has 1 aliphatic rings. The van der Waals surface area contributed by atoms with Crippen LogP contribution < -0.4 is 5.32 Å². The van der Waals surface area contributed by atoms with E-state index in [1.54, 1.807) is 6.92 Å². The molecule has 0 aliphatic carbocycles. The van der Waals surface area contributed by atoms with E-state index < -0.39 is 30.2 Å². The van der Waals surface area contributed by atoms with Crippen molar-refractivity contribution in [3.05, 3.63) is 29.6 Å². The maximum atomic E-state index is 13.8. The monoisotopic (exact) mass is 325 g/mol. The quantitative estimate of drug-likeness (QED) is 0.801. The lowest BCUT2D eigenvalue weighted by atomic mass is 10.1. The van der Waals surface area contributed by atoms with Gasteiger partial charge in [-0.2, -0.15) is 0 Å². The molecule has 6 nitrogen and oxygen atoms in total. The number of rotatable bonds is 7. The van der Waals surface area contributed by atoms with E-state index in [1.807, 2.05) is 0 Å². The molecule has 1 heterocycles. The highest BCUT2D eigenvalue weighted by molar-refractivity contribution is 5.93. The first-order chi connectivity index (χ1) is 11.0. The molecule has 1 fully saturated rings. The molecule has 2 unspecified atom stereocenters. The van der Waals surface area contributed by atoms with Gasteiger partial charge in [0.25, 0.3) is 5.91 Å². The molecule has 1 saturated heterocycles. The number of hydrogen-bond acceptors (Lipinski definition) is 4. The molecule has 0 aromatic heterocycles. The molecule has 7 heteroatoms. The minimum absolute atomic E-state index is 0.0259. The summed E-state index contributed by atoms with van der Waals surface area (Å²) in [4.78, 5) is 22.6. The fraction of sp³-hybridized carbons (Fsp3) is 0.500. The van der Waals surface area contributed by atoms with E-state index in [1.165, 1.54) is 12.1 Å². The largest absolute Gasteiger partial charge is 0.481 e. The number of amides is 1. The van der Waals surface area contributed by atoms with Crippen LogP contribution in [0.2, 0.25) is 0 Å². The second-order valence-electron chi connectivity index (χ2n) is 5.48. The highest BCUT2D eigenvalue weighted by Crippen LogP contribution is 2.16. The third-order valence-corrected chi connectivity index (χ3v) is 3.59. The van der Waals surface area contributed by atoms with E-state index in [-0.39, 0.29) is 17.4 Å². The van der Waals surface area contributed by atoms with Gasteiger partial charge in [0.15, 0.2) is 0 Å². The maximum absolute atomic E-state index is 13.8. The van der Waals surface area contributed by atoms with Crippen LogP contribution in [0.3, 0.4) is 0 Å². The number of carboxylic acid groups (broad SMARTS) is 1. The summed E-state index contributed by atoms with van der Waals surface area (Å²) in [7, 11) is 0. The standard InChI is InChI=1S/C16H20FNO5/c1-10(23-9-13-3-2-6-22-13)16(21)18-12-5-4-11(7-15(19)20)14(17)8-12/h4-5,8,10,13H,2-3,6-7,9H2,1H3,(H,18,21)(H,19,20). The molecule has 0 bridgehead atoms. The lowest BCUT2D eigenvalue weighted by Gasteiger charge is -2.16. The van der Waals surface area contributed by atoms with Crippen molar-refractivity contribution in [1.29, 1.82) is 0 Å². The predicted octanol–water partition coefficient (Wildman–Crippen LogP) is 1.98. The second-order valence-corrected chi connectivity index (χ2v) is 5.48. The Morgan fingerprint density at radius 2 is 2.30 bits per heavy atom. The molecule has 1 amide bonds. The van der Waals surface area contributed by atoms with Crippen molar-refractivity contribution in [1.82, 2.24) is 0 Å². The zero-order chi connectivity index (χ0) is 16.8. The van der Waals surface area contributed by atoms with E-state index in [9.17, 15) is 14.0 Å². The number of ether oxygens (including phenoxy) is 2. The van der Waals surface area contributed by atoms with Crippen LogP contribution in [0.15, 0.2) is 18.2 Å². The number of hydrogen-bond donors (Lipinski definition) is 2. The first kappa shape index (κ1) is 17.4. The minimum Gasteiger partial charge on any atom is -0.481 e. The molecule has 0 radical (unpaired) electrons. The Bertz CT molecular complexity index is 572. The van der Waals surface area contributed by atoms with E-state index in [0.717, 1.165) is 25.5 Å². The van der Waals surface area contributed by atoms with Crippen LogP contribution in [0.4, 0.5) is 10.1 Å². The SMILES string of the molecule is CC(OCC1CCCO1)C(=O)Nc1ccc(CC(=O)O)c(F)c1. The van der Waals surface area contributed by atoms with Gasteiger partial charge >= 0.3 is 5.97 Å². The summed E-state index contributed by atoms with van der Waals surface area (Å²) in [5.74, 6) is -2.18. The molecule has 1 aliphatic heterocycles. The lowest BCUT2D eigenvalue weighted by molar-refractivity contribution is -0.136. The van der Waals surface area contributed by atoms with Gasteiger partial charge in [-0.3, -0.25) is 9.59 Å². The van der Waals surface area contributed by atoms with E-state index in [2.05, 4.69) is 5.32 Å². The van der Waals surface area contributed by atoms with E-state index in [0.29, 0.717) is 6.61 Å². The zero-order valence-electron chi connectivity index (χ0n) is 12.9. The molecule has 23 heavy (non-hydrogen) atoms. The Labute approximate surface area is 133 Å². The van der Waals surface area contributed by atoms with Crippen LogP contribution in [-0.2, 0) is 25.5 Å². The molecule has 2 N–H and O–H groups in total. The second kappa shape index (κ2) is 8.03. The van der Waals surface area contributed by atoms with E-state index in [4.69, 9.17) is 14.6 Å². The number of benzene rings is 1. The summed E-state index contributed by atoms with van der Waals surface area (Å²) in [5.41, 5.74) is 0.326. The van der Waals surface area contributed by atoms with Crippen LogP contribution in [0.25, 0.3) is 0 Å². The van der Waals surface area contributed by atoms with Gasteiger partial charge in [0.1, 0.15) is 11.9 Å². The predicted molar refractivity (Wildman–Crippen MR) is 80.8 cm³/mol. The number of anilines is 1. The van der Waals surface area contributed by atoms with Crippen molar-refractivity contribution in [2.75, 3.05) is 18.5 Å². The highest BCUT2D eigenvalue weighted by Gasteiger charge is 2.20. The Hall–Kier alpha value is -1.99. The van der Waals surface area contributed by atoms with Gasteiger partial charge in [-0.25, -0.2) is 4.39 Å². The normalized spacial score (nSPS) is 18.6. The Kier molecular flexibility index (Phi) is 6.06. The molecular formula is C16H20FNO5. The average molecular weight is 325 g/mol. The van der Waals surface area contributed by atoms with Crippen LogP contribution in [0.1, 0.15) is 25.3 Å². The molecule has 1 aromatic rings. The van der Waals surface area contributed by atoms with Crippen molar-refractivity contribution >= 4 is 17.6 Å². The first-order valence-electron chi connectivity index (χ1n) is 7.50. The first-order valence-corrected chi connectivity index (χ1v) is 7.50. The third kappa shape index (κ3) is 5.30. The summed E-state index contributed by atoms with van der Waals surface area (Å²) < 4.78 is 24.6. The van der Waals surface area contributed by atoms with Crippen molar-refractivity contribution in [2.45, 2.75) is 38.4 Å². The summed E-state index contributed by atoms with van der Waals surface area (Å²) in [6.07, 6.45) is 0.848. The fourth-order valence-corrected chi connectivity index (χ4v) is 2.28. The van der Waals surface area contributed by atoms with Crippen molar-refractivity contribution in [3.63, 3.8) is 0 Å². The van der Waals surface area contributed by atoms with Gasteiger partial charge in [0.05, 0.1) is 19.1 Å². The molecule has 126 valence electrons. The average Bonchev–Trinajstić information content (AvgIpc) is 3.00. The number of aliphatic carboxylic acids is 1. The van der Waals surface area contributed by atoms with Crippen LogP contribution >= 0.6 is 0 Å².